The van der Waals surface area contributed by atoms with Crippen molar-refractivity contribution in [2.45, 2.75) is 143 Å². The molecule has 0 amide bonds. The molecule has 14 atom stereocenters. The van der Waals surface area contributed by atoms with Crippen molar-refractivity contribution in [3.8, 4) is 0 Å². The average molecular weight is 1090 g/mol. The van der Waals surface area contributed by atoms with E-state index in [0.29, 0.717) is 58.6 Å². The van der Waals surface area contributed by atoms with Crippen LogP contribution in [0.25, 0.3) is 22.2 Å². The summed E-state index contributed by atoms with van der Waals surface area (Å²) in [5, 5.41) is 29.4. The van der Waals surface area contributed by atoms with Crippen LogP contribution in [-0.2, 0) is 31.8 Å². The molecule has 6 aromatic rings. The number of carbonyl (C=O) groups is 4. The number of hydrogen-bond donors (Lipinski definition) is 4. The Morgan fingerprint density at radius 2 is 1.00 bits per heavy atom. The number of H-pyrrole nitrogens is 2. The van der Waals surface area contributed by atoms with Crippen molar-refractivity contribution in [2.24, 2.45) is 47.3 Å². The van der Waals surface area contributed by atoms with Gasteiger partial charge in [0.1, 0.15) is 11.0 Å². The van der Waals surface area contributed by atoms with Crippen molar-refractivity contribution in [1.29, 1.82) is 0 Å². The van der Waals surface area contributed by atoms with Crippen LogP contribution >= 0.6 is 0 Å². The second kappa shape index (κ2) is 23.7. The summed E-state index contributed by atoms with van der Waals surface area (Å²) in [5.41, 5.74) is 3.30. The number of carboxylic acid groups (broad SMARTS) is 2. The van der Waals surface area contributed by atoms with E-state index in [9.17, 15) is 29.4 Å². The molecule has 10 rings (SSSR count). The SMILES string of the molecule is CNc1ccc2oc(C[C@@H]3O[C@]4(CC[C@@H]3C)O[C@H]([C@@H](C)C(=O)c3ccc[nH]3)[C@H](C)C[C@@H]4C)nc2c1C(=O)[O-].CNc1ccc2oc(C[C@@H]3O[C@]4(CC[C@H]3C)O[C@H]([C@@H](C)C(=O)c3ccc[nH]3)[C@H](C)C[C@@H]4C)nc2c1C(=O)[O-].[Ca+2]. The van der Waals surface area contributed by atoms with Crippen LogP contribution in [0.1, 0.15) is 147 Å². The molecule has 4 aliphatic rings. The molecule has 8 heterocycles. The van der Waals surface area contributed by atoms with Gasteiger partial charge in [-0.2, -0.15) is 0 Å². The number of ether oxygens (including phenoxy) is 4. The van der Waals surface area contributed by atoms with Gasteiger partial charge in [-0.15, -0.1) is 0 Å². The normalized spacial score (nSPS) is 30.0. The van der Waals surface area contributed by atoms with E-state index >= 15 is 0 Å². The molecule has 0 aliphatic carbocycles. The van der Waals surface area contributed by atoms with Crippen molar-refractivity contribution in [3.63, 3.8) is 0 Å². The second-order valence-corrected chi connectivity index (χ2v) is 22.2. The summed E-state index contributed by atoms with van der Waals surface area (Å²) in [6, 6.07) is 13.9. The molecule has 408 valence electrons. The maximum atomic E-state index is 13.1. The van der Waals surface area contributed by atoms with Gasteiger partial charge in [-0.1, -0.05) is 55.4 Å². The van der Waals surface area contributed by atoms with Gasteiger partial charge >= 0.3 is 37.7 Å². The van der Waals surface area contributed by atoms with Gasteiger partial charge < -0.3 is 68.2 Å². The van der Waals surface area contributed by atoms with Crippen LogP contribution in [0.5, 0.6) is 0 Å². The molecule has 0 radical (unpaired) electrons. The molecule has 77 heavy (non-hydrogen) atoms. The molecule has 4 aliphatic heterocycles. The Hall–Kier alpha value is -5.08. The quantitative estimate of drug-likeness (QED) is 0.0595. The zero-order chi connectivity index (χ0) is 54.4. The topological polar surface area (TPSA) is 259 Å². The summed E-state index contributed by atoms with van der Waals surface area (Å²) in [5.74, 6) is -2.87. The molecule has 2 aromatic carbocycles. The molecule has 4 saturated heterocycles. The summed E-state index contributed by atoms with van der Waals surface area (Å²) in [6.07, 6.45) is 8.30. The fourth-order valence-electron chi connectivity index (χ4n) is 12.5. The summed E-state index contributed by atoms with van der Waals surface area (Å²) in [7, 11) is 3.30. The Morgan fingerprint density at radius 1 is 0.610 bits per heavy atom. The largest absolute Gasteiger partial charge is 2.00 e. The van der Waals surface area contributed by atoms with Gasteiger partial charge in [0.2, 0.25) is 0 Å². The van der Waals surface area contributed by atoms with E-state index in [4.69, 9.17) is 27.8 Å². The molecule has 4 N–H and O–H groups in total. The van der Waals surface area contributed by atoms with Gasteiger partial charge in [-0.25, -0.2) is 9.97 Å². The number of Topliss-reactive ketones (excluding diaryl/α,β-unsaturated/α-hetero) is 2. The maximum absolute atomic E-state index is 13.1. The molecular weight excluding hydrogens is 1010 g/mol. The molecule has 18 nitrogen and oxygen atoms in total. The first-order chi connectivity index (χ1) is 36.3. The monoisotopic (exact) mass is 1080 g/mol. The number of anilines is 2. The third-order valence-electron chi connectivity index (χ3n) is 17.1. The van der Waals surface area contributed by atoms with Crippen LogP contribution in [0, 0.1) is 47.3 Å². The number of carbonyl (C=O) groups excluding carboxylic acids is 4. The molecular formula is C58H72CaN6O12. The molecule has 0 bridgehead atoms. The van der Waals surface area contributed by atoms with Crippen molar-refractivity contribution in [1.82, 2.24) is 19.9 Å². The van der Waals surface area contributed by atoms with Crippen LogP contribution in [0.2, 0.25) is 0 Å². The third kappa shape index (κ3) is 11.5. The predicted octanol–water partition coefficient (Wildman–Crippen LogP) is 8.01. The minimum Gasteiger partial charge on any atom is -0.545 e. The van der Waals surface area contributed by atoms with E-state index in [0.717, 1.165) is 38.5 Å². The smallest absolute Gasteiger partial charge is 0.545 e. The van der Waals surface area contributed by atoms with Crippen molar-refractivity contribution < 1.29 is 57.2 Å². The summed E-state index contributed by atoms with van der Waals surface area (Å²) < 4.78 is 39.0. The molecule has 0 saturated carbocycles. The first kappa shape index (κ1) is 58.1. The van der Waals surface area contributed by atoms with Gasteiger partial charge in [0.25, 0.3) is 0 Å². The second-order valence-electron chi connectivity index (χ2n) is 22.2. The predicted molar refractivity (Wildman–Crippen MR) is 285 cm³/mol. The van der Waals surface area contributed by atoms with Crippen LogP contribution in [-0.4, -0.2) is 131 Å². The molecule has 4 fully saturated rings. The van der Waals surface area contributed by atoms with Crippen LogP contribution in [0.15, 0.2) is 69.8 Å². The zero-order valence-corrected chi connectivity index (χ0v) is 48.1. The van der Waals surface area contributed by atoms with Crippen molar-refractivity contribution >= 4 is 94.8 Å². The molecule has 4 aromatic heterocycles. The van der Waals surface area contributed by atoms with E-state index < -0.39 is 23.5 Å². The van der Waals surface area contributed by atoms with Crippen LogP contribution < -0.4 is 20.8 Å². The molecule has 2 spiro atoms. The number of oxazole rings is 2. The number of nitrogens with one attached hydrogen (secondary N) is 4. The number of rotatable bonds is 14. The molecule has 0 unspecified atom stereocenters. The number of aromatic carboxylic acids is 2. The Bertz CT molecular complexity index is 2840. The minimum absolute atomic E-state index is 0. The average Bonchev–Trinajstić information content (AvgIpc) is 4.33. The van der Waals surface area contributed by atoms with E-state index in [1.807, 2.05) is 26.0 Å². The number of aromatic nitrogens is 4. The number of aromatic amines is 2. The van der Waals surface area contributed by atoms with Crippen molar-refractivity contribution in [2.75, 3.05) is 24.7 Å². The van der Waals surface area contributed by atoms with Gasteiger partial charge in [0.05, 0.1) is 71.7 Å². The Labute approximate surface area is 478 Å². The Morgan fingerprint density at radius 3 is 1.34 bits per heavy atom. The first-order valence-electron chi connectivity index (χ1n) is 27.0. The number of benzene rings is 2. The third-order valence-corrected chi connectivity index (χ3v) is 17.1. The van der Waals surface area contributed by atoms with E-state index in [1.54, 1.807) is 62.9 Å². The summed E-state index contributed by atoms with van der Waals surface area (Å²) in [4.78, 5) is 65.0. The maximum Gasteiger partial charge on any atom is 2.00 e. The van der Waals surface area contributed by atoms with E-state index in [2.05, 4.69) is 72.1 Å². The van der Waals surface area contributed by atoms with Gasteiger partial charge in [-0.3, -0.25) is 9.59 Å². The van der Waals surface area contributed by atoms with E-state index in [1.165, 1.54) is 0 Å². The van der Waals surface area contributed by atoms with Crippen LogP contribution in [0.4, 0.5) is 11.4 Å². The van der Waals surface area contributed by atoms with Gasteiger partial charge in [0, 0.05) is 74.4 Å². The first-order valence-corrected chi connectivity index (χ1v) is 27.0. The fraction of sp³-hybridized carbons (Fsp3) is 0.552. The summed E-state index contributed by atoms with van der Waals surface area (Å²) in [6.45, 7) is 16.7. The fourth-order valence-corrected chi connectivity index (χ4v) is 12.5. The zero-order valence-electron chi connectivity index (χ0n) is 45.9. The van der Waals surface area contributed by atoms with Gasteiger partial charge in [0.15, 0.2) is 46.1 Å². The number of ketones is 2. The van der Waals surface area contributed by atoms with Crippen molar-refractivity contribution in [3.05, 3.63) is 95.2 Å². The number of carboxylic acids is 2. The number of fused-ring (bicyclic) bond motifs is 2. The van der Waals surface area contributed by atoms with Crippen LogP contribution in [0.3, 0.4) is 0 Å². The molecule has 19 heteroatoms. The number of hydrogen-bond acceptors (Lipinski definition) is 16. The summed E-state index contributed by atoms with van der Waals surface area (Å²) >= 11 is 0. The Balaban J connectivity index is 0.000000201. The van der Waals surface area contributed by atoms with E-state index in [-0.39, 0.29) is 143 Å². The minimum atomic E-state index is -1.31. The Kier molecular flexibility index (Phi) is 17.9. The van der Waals surface area contributed by atoms with Gasteiger partial charge in [-0.05, 0) is 97.9 Å². The standard InChI is InChI=1S/2C29H37N3O6.Ca/c2*1-15-10-11-29(17(3)13-16(2)27(38-29)18(4)26(33)20-7-6-12-31-20)37-22(15)14-23-32-25-21(36-23)9-8-19(30-5)24(25)28(34)35;/h2*6-9,12,15-18,22,27,30-31H,10-11,13-14H2,1-5H3,(H,34,35);/q;;+2/p-2/t15-,16+,17-,18-,22-,27-,29+;15-,16-,17+,18+,22+,27+,29-;/m01./s1. The number of nitrogens with zero attached hydrogens (tertiary/aromatic N) is 2.